The number of nitrogens with two attached hydrogens (primary N) is 1. The summed E-state index contributed by atoms with van der Waals surface area (Å²) in [6.45, 7) is 8.04. The minimum atomic E-state index is -0.584. The fourth-order valence-corrected chi connectivity index (χ4v) is 2.11. The van der Waals surface area contributed by atoms with Crippen molar-refractivity contribution in [3.63, 3.8) is 0 Å². The molecule has 0 saturated carbocycles. The summed E-state index contributed by atoms with van der Waals surface area (Å²) in [6, 6.07) is 1.30. The molecule has 7 heteroatoms. The zero-order chi connectivity index (χ0) is 15.8. The predicted octanol–water partition coefficient (Wildman–Crippen LogP) is 2.85. The second kappa shape index (κ2) is 5.68. The van der Waals surface area contributed by atoms with Gasteiger partial charge < -0.3 is 15.0 Å². The largest absolute Gasteiger partial charge is 0.491 e. The van der Waals surface area contributed by atoms with Crippen LogP contribution in [-0.2, 0) is 9.31 Å². The summed E-state index contributed by atoms with van der Waals surface area (Å²) in [5, 5.41) is 0.207. The maximum Gasteiger partial charge on any atom is 0.491 e. The Morgan fingerprint density at radius 3 is 2.48 bits per heavy atom. The van der Waals surface area contributed by atoms with Crippen LogP contribution < -0.4 is 5.73 Å². The van der Waals surface area contributed by atoms with Crippen LogP contribution in [0.4, 0.5) is 4.39 Å². The summed E-state index contributed by atoms with van der Waals surface area (Å²) >= 11 is 5.97. The van der Waals surface area contributed by atoms with E-state index in [1.54, 1.807) is 6.08 Å². The van der Waals surface area contributed by atoms with Gasteiger partial charge in [-0.2, -0.15) is 0 Å². The monoisotopic (exact) mass is 312 g/mol. The first-order valence-corrected chi connectivity index (χ1v) is 7.11. The van der Waals surface area contributed by atoms with E-state index in [2.05, 4.69) is 4.98 Å². The summed E-state index contributed by atoms with van der Waals surface area (Å²) in [6.07, 6.45) is 2.73. The minimum absolute atomic E-state index is 0.207. The molecule has 0 atom stereocenters. The normalized spacial score (nSPS) is 20.9. The highest BCUT2D eigenvalue weighted by atomic mass is 35.5. The van der Waals surface area contributed by atoms with E-state index < -0.39 is 24.1 Å². The fraction of sp³-hybridized carbons (Fsp3) is 0.500. The Bertz CT molecular complexity index is 562. The van der Waals surface area contributed by atoms with Gasteiger partial charge in [0, 0.05) is 12.1 Å². The topological polar surface area (TPSA) is 57.4 Å². The Kier molecular flexibility index (Phi) is 4.45. The van der Waals surface area contributed by atoms with Crippen LogP contribution in [0.2, 0.25) is 5.15 Å². The first-order valence-electron chi connectivity index (χ1n) is 6.73. The van der Waals surface area contributed by atoms with Crippen molar-refractivity contribution in [1.29, 1.82) is 0 Å². The maximum atomic E-state index is 13.3. The maximum absolute atomic E-state index is 13.3. The molecule has 4 nitrogen and oxygen atoms in total. The number of rotatable bonds is 3. The quantitative estimate of drug-likeness (QED) is 0.689. The molecule has 1 saturated heterocycles. The van der Waals surface area contributed by atoms with Gasteiger partial charge in [-0.3, -0.25) is 0 Å². The second-order valence-electron chi connectivity index (χ2n) is 6.05. The molecular formula is C14H19BClFN2O2. The molecule has 1 aliphatic rings. The molecule has 114 valence electrons. The first-order chi connectivity index (χ1) is 9.66. The Balaban J connectivity index is 2.33. The van der Waals surface area contributed by atoms with Gasteiger partial charge in [0.25, 0.3) is 0 Å². The van der Waals surface area contributed by atoms with Crippen molar-refractivity contribution < 1.29 is 13.7 Å². The Labute approximate surface area is 129 Å². The minimum Gasteiger partial charge on any atom is -0.400 e. The zero-order valence-electron chi connectivity index (χ0n) is 12.6. The molecule has 0 spiro atoms. The van der Waals surface area contributed by atoms with Crippen LogP contribution in [0.1, 0.15) is 33.3 Å². The Morgan fingerprint density at radius 1 is 1.38 bits per heavy atom. The van der Waals surface area contributed by atoms with Crippen LogP contribution in [0, 0.1) is 5.82 Å². The summed E-state index contributed by atoms with van der Waals surface area (Å²) in [5.74, 6) is -0.462. The van der Waals surface area contributed by atoms with Gasteiger partial charge in [-0.15, -0.1) is 0 Å². The van der Waals surface area contributed by atoms with Crippen LogP contribution in [0.25, 0.3) is 6.08 Å². The van der Waals surface area contributed by atoms with Gasteiger partial charge in [0.1, 0.15) is 11.0 Å². The van der Waals surface area contributed by atoms with Crippen molar-refractivity contribution in [3.05, 3.63) is 34.3 Å². The number of hydrogen-bond donors (Lipinski definition) is 1. The van der Waals surface area contributed by atoms with E-state index in [0.717, 1.165) is 6.20 Å². The molecule has 0 unspecified atom stereocenters. The van der Waals surface area contributed by atoms with E-state index in [-0.39, 0.29) is 11.7 Å². The molecule has 0 radical (unpaired) electrons. The molecule has 0 aliphatic carbocycles. The van der Waals surface area contributed by atoms with Crippen molar-refractivity contribution >= 4 is 24.8 Å². The van der Waals surface area contributed by atoms with Crippen molar-refractivity contribution in [2.45, 2.75) is 38.9 Å². The van der Waals surface area contributed by atoms with Crippen molar-refractivity contribution in [1.82, 2.24) is 4.98 Å². The third-order valence-electron chi connectivity index (χ3n) is 3.97. The molecule has 0 aromatic carbocycles. The second-order valence-corrected chi connectivity index (χ2v) is 6.40. The van der Waals surface area contributed by atoms with Crippen LogP contribution in [-0.4, -0.2) is 29.8 Å². The van der Waals surface area contributed by atoms with E-state index >= 15 is 0 Å². The highest BCUT2D eigenvalue weighted by Crippen LogP contribution is 2.38. The van der Waals surface area contributed by atoms with E-state index in [1.807, 2.05) is 27.7 Å². The molecule has 2 N–H and O–H groups in total. The Morgan fingerprint density at radius 2 is 1.95 bits per heavy atom. The van der Waals surface area contributed by atoms with Crippen LogP contribution >= 0.6 is 11.6 Å². The summed E-state index contributed by atoms with van der Waals surface area (Å²) in [4.78, 5) is 3.77. The molecule has 21 heavy (non-hydrogen) atoms. The highest BCUT2D eigenvalue weighted by Gasteiger charge is 2.52. The first kappa shape index (κ1) is 16.4. The number of hydrogen-bond acceptors (Lipinski definition) is 4. The SMILES string of the molecule is CC1(C)OB(C(=Cc2cc(F)cnc2Cl)CN)OC1(C)C. The average molecular weight is 313 g/mol. The molecule has 1 fully saturated rings. The molecule has 0 bridgehead atoms. The van der Waals surface area contributed by atoms with Gasteiger partial charge in [0.2, 0.25) is 0 Å². The molecule has 1 aromatic heterocycles. The summed E-state index contributed by atoms with van der Waals surface area (Å²) < 4.78 is 25.1. The molecule has 2 heterocycles. The van der Waals surface area contributed by atoms with E-state index in [1.165, 1.54) is 6.07 Å². The lowest BCUT2D eigenvalue weighted by Crippen LogP contribution is -2.41. The molecule has 1 aromatic rings. The van der Waals surface area contributed by atoms with Crippen LogP contribution in [0.5, 0.6) is 0 Å². The number of halogens is 2. The van der Waals surface area contributed by atoms with E-state index in [9.17, 15) is 4.39 Å². The van der Waals surface area contributed by atoms with Gasteiger partial charge >= 0.3 is 7.12 Å². The zero-order valence-corrected chi connectivity index (χ0v) is 13.4. The summed E-state index contributed by atoms with van der Waals surface area (Å²) in [5.41, 5.74) is 5.99. The predicted molar refractivity (Wildman–Crippen MR) is 82.3 cm³/mol. The van der Waals surface area contributed by atoms with Gasteiger partial charge in [0.05, 0.1) is 17.4 Å². The number of nitrogens with zero attached hydrogens (tertiary/aromatic N) is 1. The van der Waals surface area contributed by atoms with Crippen molar-refractivity contribution in [2.75, 3.05) is 6.54 Å². The van der Waals surface area contributed by atoms with E-state index in [4.69, 9.17) is 26.6 Å². The molecule has 2 rings (SSSR count). The van der Waals surface area contributed by atoms with Gasteiger partial charge in [-0.25, -0.2) is 9.37 Å². The van der Waals surface area contributed by atoms with Crippen LogP contribution in [0.3, 0.4) is 0 Å². The third kappa shape index (κ3) is 3.29. The fourth-order valence-electron chi connectivity index (χ4n) is 1.96. The van der Waals surface area contributed by atoms with Gasteiger partial charge in [0.15, 0.2) is 0 Å². The van der Waals surface area contributed by atoms with Crippen LogP contribution in [0.15, 0.2) is 17.7 Å². The third-order valence-corrected chi connectivity index (χ3v) is 4.28. The lowest BCUT2D eigenvalue weighted by Gasteiger charge is -2.32. The molecule has 0 amide bonds. The van der Waals surface area contributed by atoms with E-state index in [0.29, 0.717) is 11.0 Å². The molecule has 1 aliphatic heterocycles. The van der Waals surface area contributed by atoms with Gasteiger partial charge in [-0.05, 0) is 39.2 Å². The van der Waals surface area contributed by atoms with Crippen molar-refractivity contribution in [3.8, 4) is 0 Å². The summed E-state index contributed by atoms with van der Waals surface area (Å²) in [7, 11) is -0.584. The Hall–Kier alpha value is -0.945. The smallest absolute Gasteiger partial charge is 0.400 e. The molecular weight excluding hydrogens is 293 g/mol. The lowest BCUT2D eigenvalue weighted by atomic mass is 9.77. The lowest BCUT2D eigenvalue weighted by molar-refractivity contribution is 0.00578. The highest BCUT2D eigenvalue weighted by molar-refractivity contribution is 6.56. The van der Waals surface area contributed by atoms with Gasteiger partial charge in [-0.1, -0.05) is 17.7 Å². The number of pyridine rings is 1. The standard InChI is InChI=1S/C14H19BClFN2O2/c1-13(2)14(3,4)21-15(20-13)10(7-18)5-9-6-11(17)8-19-12(9)16/h5-6,8H,7,18H2,1-4H3. The number of aromatic nitrogens is 1. The average Bonchev–Trinajstić information content (AvgIpc) is 2.59. The van der Waals surface area contributed by atoms with Crippen molar-refractivity contribution in [2.24, 2.45) is 5.73 Å².